The van der Waals surface area contributed by atoms with Crippen LogP contribution in [0.2, 0.25) is 0 Å². The summed E-state index contributed by atoms with van der Waals surface area (Å²) in [6.45, 7) is 0.0749. The zero-order valence-electron chi connectivity index (χ0n) is 10.3. The van der Waals surface area contributed by atoms with Crippen molar-refractivity contribution in [2.24, 2.45) is 5.16 Å². The van der Waals surface area contributed by atoms with Gasteiger partial charge in [0.2, 0.25) is 0 Å². The van der Waals surface area contributed by atoms with Crippen LogP contribution in [0, 0.1) is 0 Å². The van der Waals surface area contributed by atoms with E-state index in [1.165, 1.54) is 19.4 Å². The highest BCUT2D eigenvalue weighted by Crippen LogP contribution is 2.25. The Morgan fingerprint density at radius 3 is 2.79 bits per heavy atom. The fraction of sp³-hybridized carbons (Fsp3) is 0.364. The molecule has 0 fully saturated rings. The third-order valence-corrected chi connectivity index (χ3v) is 2.92. The Morgan fingerprint density at radius 1 is 1.42 bits per heavy atom. The molecule has 1 aromatic carbocycles. The van der Waals surface area contributed by atoms with E-state index < -0.39 is 10.1 Å². The van der Waals surface area contributed by atoms with Crippen molar-refractivity contribution in [3.05, 3.63) is 23.8 Å². The minimum absolute atomic E-state index is 0.0220. The molecule has 2 N–H and O–H groups in total. The number of ether oxygens (including phenoxy) is 1. The van der Waals surface area contributed by atoms with Crippen molar-refractivity contribution in [3.63, 3.8) is 0 Å². The number of hydrogen-bond acceptors (Lipinski definition) is 6. The number of hydrogen-bond donors (Lipinski definition) is 2. The number of phenolic OH excluding ortho intramolecular Hbond substituents is 1. The Bertz CT molecular complexity index is 540. The molecule has 0 atom stereocenters. The molecule has 7 nitrogen and oxygen atoms in total. The summed E-state index contributed by atoms with van der Waals surface area (Å²) >= 11 is 0. The van der Waals surface area contributed by atoms with Crippen LogP contribution in [0.3, 0.4) is 0 Å². The first kappa shape index (κ1) is 15.3. The van der Waals surface area contributed by atoms with Crippen molar-refractivity contribution in [3.8, 4) is 11.5 Å². The standard InChI is InChI=1S/C11H15NO6S/c1-17-11-7-9(3-4-10(11)13)8-12-18-5-2-6-19(14,15)16/h3-4,7-8,13H,2,5-6H2,1H3,(H,14,15,16)/b12-8+. The first-order chi connectivity index (χ1) is 8.92. The molecule has 0 aliphatic carbocycles. The summed E-state index contributed by atoms with van der Waals surface area (Å²) in [7, 11) is -2.52. The average molecular weight is 289 g/mol. The number of methoxy groups -OCH3 is 1. The van der Waals surface area contributed by atoms with Crippen LogP contribution in [0.15, 0.2) is 23.4 Å². The molecule has 106 valence electrons. The van der Waals surface area contributed by atoms with Crippen LogP contribution >= 0.6 is 0 Å². The van der Waals surface area contributed by atoms with Gasteiger partial charge < -0.3 is 14.7 Å². The van der Waals surface area contributed by atoms with E-state index in [9.17, 15) is 13.5 Å². The van der Waals surface area contributed by atoms with Crippen LogP contribution in [0.5, 0.6) is 11.5 Å². The Hall–Kier alpha value is -1.80. The summed E-state index contributed by atoms with van der Waals surface area (Å²) in [4.78, 5) is 4.83. The predicted molar refractivity (Wildman–Crippen MR) is 69.2 cm³/mol. The molecule has 0 bridgehead atoms. The lowest BCUT2D eigenvalue weighted by atomic mass is 10.2. The summed E-state index contributed by atoms with van der Waals surface area (Å²) in [6, 6.07) is 4.64. The number of phenols is 1. The zero-order chi connectivity index (χ0) is 14.3. The van der Waals surface area contributed by atoms with E-state index in [0.717, 1.165) is 0 Å². The summed E-state index contributed by atoms with van der Waals surface area (Å²) in [5.74, 6) is -0.0284. The molecule has 0 radical (unpaired) electrons. The number of oxime groups is 1. The molecule has 0 aliphatic heterocycles. The normalized spacial score (nSPS) is 11.7. The van der Waals surface area contributed by atoms with Crippen molar-refractivity contribution in [2.45, 2.75) is 6.42 Å². The van der Waals surface area contributed by atoms with Gasteiger partial charge in [-0.2, -0.15) is 8.42 Å². The molecule has 19 heavy (non-hydrogen) atoms. The molecule has 0 saturated heterocycles. The molecular weight excluding hydrogens is 274 g/mol. The molecule has 1 aromatic rings. The van der Waals surface area contributed by atoms with Gasteiger partial charge in [-0.25, -0.2) is 0 Å². The van der Waals surface area contributed by atoms with Crippen LogP contribution in [-0.2, 0) is 15.0 Å². The number of benzene rings is 1. The summed E-state index contributed by atoms with van der Waals surface area (Å²) in [6.07, 6.45) is 1.55. The van der Waals surface area contributed by atoms with Gasteiger partial charge in [-0.15, -0.1) is 0 Å². The highest BCUT2D eigenvalue weighted by atomic mass is 32.2. The molecule has 0 saturated carbocycles. The van der Waals surface area contributed by atoms with Crippen LogP contribution in [0.1, 0.15) is 12.0 Å². The molecule has 0 spiro atoms. The van der Waals surface area contributed by atoms with Gasteiger partial charge in [0.05, 0.1) is 19.1 Å². The smallest absolute Gasteiger partial charge is 0.264 e. The van der Waals surface area contributed by atoms with E-state index in [1.807, 2.05) is 0 Å². The highest BCUT2D eigenvalue weighted by molar-refractivity contribution is 7.85. The zero-order valence-corrected chi connectivity index (χ0v) is 11.1. The van der Waals surface area contributed by atoms with Gasteiger partial charge in [-0.3, -0.25) is 4.55 Å². The lowest BCUT2D eigenvalue weighted by molar-refractivity contribution is 0.146. The van der Waals surface area contributed by atoms with E-state index in [0.29, 0.717) is 11.3 Å². The first-order valence-corrected chi connectivity index (χ1v) is 7.01. The van der Waals surface area contributed by atoms with Gasteiger partial charge in [-0.1, -0.05) is 5.16 Å². The Kier molecular flexibility index (Phi) is 5.58. The third kappa shape index (κ3) is 6.07. The van der Waals surface area contributed by atoms with Crippen LogP contribution in [0.4, 0.5) is 0 Å². The van der Waals surface area contributed by atoms with E-state index in [-0.39, 0.29) is 24.5 Å². The SMILES string of the molecule is COc1cc(/C=N/OCCCS(=O)(=O)O)ccc1O. The molecule has 0 heterocycles. The molecular formula is C11H15NO6S. The maximum Gasteiger partial charge on any atom is 0.264 e. The number of nitrogens with zero attached hydrogens (tertiary/aromatic N) is 1. The van der Waals surface area contributed by atoms with Crippen LogP contribution < -0.4 is 4.74 Å². The van der Waals surface area contributed by atoms with Gasteiger partial charge in [0.25, 0.3) is 10.1 Å². The lowest BCUT2D eigenvalue weighted by Gasteiger charge is -2.03. The van der Waals surface area contributed by atoms with Gasteiger partial charge >= 0.3 is 0 Å². The Labute approximate surface area is 111 Å². The molecule has 1 rings (SSSR count). The van der Waals surface area contributed by atoms with Gasteiger partial charge in [0.15, 0.2) is 11.5 Å². The molecule has 8 heteroatoms. The van der Waals surface area contributed by atoms with Crippen molar-refractivity contribution < 1.29 is 27.7 Å². The van der Waals surface area contributed by atoms with Crippen LogP contribution in [-0.4, -0.2) is 43.8 Å². The molecule has 0 aromatic heterocycles. The highest BCUT2D eigenvalue weighted by Gasteiger charge is 2.03. The lowest BCUT2D eigenvalue weighted by Crippen LogP contribution is -2.06. The monoisotopic (exact) mass is 289 g/mol. The largest absolute Gasteiger partial charge is 0.504 e. The van der Waals surface area contributed by atoms with Gasteiger partial charge in [-0.05, 0) is 18.2 Å². The second-order valence-electron chi connectivity index (χ2n) is 3.64. The van der Waals surface area contributed by atoms with Gasteiger partial charge in [0.1, 0.15) is 6.61 Å². The quantitative estimate of drug-likeness (QED) is 0.336. The van der Waals surface area contributed by atoms with E-state index in [1.54, 1.807) is 12.1 Å². The fourth-order valence-electron chi connectivity index (χ4n) is 1.23. The van der Waals surface area contributed by atoms with Crippen molar-refractivity contribution >= 4 is 16.3 Å². The van der Waals surface area contributed by atoms with Crippen LogP contribution in [0.25, 0.3) is 0 Å². The third-order valence-electron chi connectivity index (χ3n) is 2.12. The van der Waals surface area contributed by atoms with Crippen molar-refractivity contribution in [1.29, 1.82) is 0 Å². The van der Waals surface area contributed by atoms with E-state index in [4.69, 9.17) is 14.1 Å². The topological polar surface area (TPSA) is 105 Å². The maximum atomic E-state index is 10.4. The van der Waals surface area contributed by atoms with E-state index >= 15 is 0 Å². The summed E-state index contributed by atoms with van der Waals surface area (Å²) < 4.78 is 34.2. The minimum Gasteiger partial charge on any atom is -0.504 e. The Balaban J connectivity index is 2.41. The maximum absolute atomic E-state index is 10.4. The van der Waals surface area contributed by atoms with E-state index in [2.05, 4.69) is 5.16 Å². The number of aromatic hydroxyl groups is 1. The fourth-order valence-corrected chi connectivity index (χ4v) is 1.71. The minimum atomic E-state index is -3.95. The average Bonchev–Trinajstić information content (AvgIpc) is 2.34. The second kappa shape index (κ2) is 6.95. The predicted octanol–water partition coefficient (Wildman–Crippen LogP) is 1.03. The summed E-state index contributed by atoms with van der Waals surface area (Å²) in [5, 5.41) is 13.0. The molecule has 0 amide bonds. The molecule has 0 aliphatic rings. The van der Waals surface area contributed by atoms with Crippen molar-refractivity contribution in [1.82, 2.24) is 0 Å². The second-order valence-corrected chi connectivity index (χ2v) is 5.21. The Morgan fingerprint density at radius 2 is 2.16 bits per heavy atom. The summed E-state index contributed by atoms with van der Waals surface area (Å²) in [5.41, 5.74) is 0.657. The first-order valence-electron chi connectivity index (χ1n) is 5.40. The van der Waals surface area contributed by atoms with Crippen molar-refractivity contribution in [2.75, 3.05) is 19.5 Å². The van der Waals surface area contributed by atoms with Gasteiger partial charge in [0, 0.05) is 12.0 Å². The molecule has 0 unspecified atom stereocenters. The number of rotatable bonds is 7.